The van der Waals surface area contributed by atoms with Gasteiger partial charge in [-0.05, 0) is 20.8 Å². The van der Waals surface area contributed by atoms with Crippen LogP contribution in [0.1, 0.15) is 20.8 Å². The van der Waals surface area contributed by atoms with E-state index in [2.05, 4.69) is 10.6 Å². The molecule has 1 aliphatic heterocycles. The summed E-state index contributed by atoms with van der Waals surface area (Å²) in [6, 6.07) is -0.350. The van der Waals surface area contributed by atoms with Gasteiger partial charge in [0.25, 0.3) is 11.8 Å². The normalized spacial score (nSPS) is 17.1. The molecule has 0 spiro atoms. The Morgan fingerprint density at radius 3 is 2.47 bits per heavy atom. The first-order valence-corrected chi connectivity index (χ1v) is 6.39. The molecule has 0 aromatic carbocycles. The molecule has 1 rings (SSSR count). The third-order valence-electron chi connectivity index (χ3n) is 2.59. The maximum Gasteiger partial charge on any atom is 0.324 e. The van der Waals surface area contributed by atoms with Crippen LogP contribution in [0, 0.1) is 0 Å². The average Bonchev–Trinajstić information content (AvgIpc) is 2.60. The Bertz CT molecular complexity index is 376. The maximum atomic E-state index is 11.8. The van der Waals surface area contributed by atoms with Crippen LogP contribution in [-0.4, -0.2) is 61.5 Å². The van der Waals surface area contributed by atoms with E-state index in [9.17, 15) is 14.4 Å². The number of urea groups is 1. The quantitative estimate of drug-likeness (QED) is 0.551. The Morgan fingerprint density at radius 2 is 2.00 bits per heavy atom. The van der Waals surface area contributed by atoms with Gasteiger partial charge < -0.3 is 15.5 Å². The van der Waals surface area contributed by atoms with Crippen molar-refractivity contribution in [3.63, 3.8) is 0 Å². The zero-order valence-corrected chi connectivity index (χ0v) is 12.0. The SMILES string of the molecule is C[NH+](CC(=O)NC(C)(C)C)CC(=O)N1CCNC1=O. The van der Waals surface area contributed by atoms with Crippen LogP contribution in [0.3, 0.4) is 0 Å². The number of carbonyl (C=O) groups excluding carboxylic acids is 3. The Balaban J connectivity index is 2.38. The lowest BCUT2D eigenvalue weighted by atomic mass is 10.1. The molecule has 7 nitrogen and oxygen atoms in total. The summed E-state index contributed by atoms with van der Waals surface area (Å²) < 4.78 is 0. The molecule has 3 N–H and O–H groups in total. The van der Waals surface area contributed by atoms with Crippen LogP contribution in [0.15, 0.2) is 0 Å². The van der Waals surface area contributed by atoms with Gasteiger partial charge >= 0.3 is 6.03 Å². The summed E-state index contributed by atoms with van der Waals surface area (Å²) in [7, 11) is 1.76. The Kier molecular flexibility index (Phi) is 4.88. The zero-order chi connectivity index (χ0) is 14.6. The summed E-state index contributed by atoms with van der Waals surface area (Å²) in [4.78, 5) is 36.8. The first-order valence-electron chi connectivity index (χ1n) is 6.39. The molecule has 19 heavy (non-hydrogen) atoms. The minimum Gasteiger partial charge on any atom is -0.347 e. The number of carbonyl (C=O) groups is 3. The number of amides is 4. The number of rotatable bonds is 4. The standard InChI is InChI=1S/C12H22N4O3/c1-12(2,3)14-9(17)7-15(4)8-10(18)16-6-5-13-11(16)19/h5-8H2,1-4H3,(H,13,19)(H,14,17)/p+1. The van der Waals surface area contributed by atoms with Crippen LogP contribution >= 0.6 is 0 Å². The molecule has 0 aromatic heterocycles. The van der Waals surface area contributed by atoms with Crippen molar-refractivity contribution in [3.05, 3.63) is 0 Å². The topological polar surface area (TPSA) is 82.9 Å². The molecule has 1 unspecified atom stereocenters. The minimum absolute atomic E-state index is 0.108. The smallest absolute Gasteiger partial charge is 0.324 e. The third-order valence-corrected chi connectivity index (χ3v) is 2.59. The van der Waals surface area contributed by atoms with Gasteiger partial charge in [-0.25, -0.2) is 4.79 Å². The molecule has 4 amide bonds. The van der Waals surface area contributed by atoms with Crippen LogP contribution in [-0.2, 0) is 9.59 Å². The molecule has 0 aliphatic carbocycles. The molecular weight excluding hydrogens is 248 g/mol. The van der Waals surface area contributed by atoms with Crippen molar-refractivity contribution in [2.24, 2.45) is 0 Å². The van der Waals surface area contributed by atoms with E-state index in [4.69, 9.17) is 0 Å². The second-order valence-corrected chi connectivity index (χ2v) is 5.89. The van der Waals surface area contributed by atoms with Gasteiger partial charge in [-0.1, -0.05) is 0 Å². The van der Waals surface area contributed by atoms with Gasteiger partial charge in [0.15, 0.2) is 13.1 Å². The van der Waals surface area contributed by atoms with Gasteiger partial charge in [0.2, 0.25) is 0 Å². The third kappa shape index (κ3) is 5.25. The number of nitrogens with one attached hydrogen (secondary N) is 3. The molecule has 7 heteroatoms. The van der Waals surface area contributed by atoms with E-state index in [1.54, 1.807) is 7.05 Å². The van der Waals surface area contributed by atoms with E-state index in [1.165, 1.54) is 4.90 Å². The van der Waals surface area contributed by atoms with E-state index < -0.39 is 0 Å². The van der Waals surface area contributed by atoms with Gasteiger partial charge in [0.1, 0.15) is 0 Å². The summed E-state index contributed by atoms with van der Waals surface area (Å²) in [5.41, 5.74) is -0.282. The highest BCUT2D eigenvalue weighted by Crippen LogP contribution is 1.97. The predicted molar refractivity (Wildman–Crippen MR) is 69.6 cm³/mol. The van der Waals surface area contributed by atoms with Gasteiger partial charge in [-0.15, -0.1) is 0 Å². The number of hydrogen-bond donors (Lipinski definition) is 3. The summed E-state index contributed by atoms with van der Waals surface area (Å²) in [5, 5.41) is 5.41. The van der Waals surface area contributed by atoms with Crippen LogP contribution < -0.4 is 15.5 Å². The summed E-state index contributed by atoms with van der Waals surface area (Å²) in [6.07, 6.45) is 0. The van der Waals surface area contributed by atoms with Crippen molar-refractivity contribution >= 4 is 17.8 Å². The molecule has 1 saturated heterocycles. The monoisotopic (exact) mass is 271 g/mol. The first-order chi connectivity index (χ1) is 8.69. The lowest BCUT2D eigenvalue weighted by Gasteiger charge is -2.22. The number of nitrogens with zero attached hydrogens (tertiary/aromatic N) is 1. The Hall–Kier alpha value is -1.63. The van der Waals surface area contributed by atoms with Gasteiger partial charge in [-0.2, -0.15) is 0 Å². The van der Waals surface area contributed by atoms with Crippen LogP contribution in [0.25, 0.3) is 0 Å². The summed E-state index contributed by atoms with van der Waals surface area (Å²) >= 11 is 0. The summed E-state index contributed by atoms with van der Waals surface area (Å²) in [5.74, 6) is -0.361. The number of hydrogen-bond acceptors (Lipinski definition) is 3. The van der Waals surface area contributed by atoms with Gasteiger partial charge in [-0.3, -0.25) is 14.5 Å². The number of likely N-dealkylation sites (N-methyl/N-ethyl adjacent to an activating group) is 1. The number of quaternary nitrogens is 1. The number of imide groups is 1. The van der Waals surface area contributed by atoms with Gasteiger partial charge in [0.05, 0.1) is 7.05 Å². The zero-order valence-electron chi connectivity index (χ0n) is 12.0. The molecule has 0 radical (unpaired) electrons. The molecule has 1 aliphatic rings. The largest absolute Gasteiger partial charge is 0.347 e. The molecule has 108 valence electrons. The van der Waals surface area contributed by atoms with Crippen LogP contribution in [0.4, 0.5) is 4.79 Å². The minimum atomic E-state index is -0.350. The lowest BCUT2D eigenvalue weighted by Crippen LogP contribution is -3.11. The van der Waals surface area contributed by atoms with Crippen molar-refractivity contribution in [3.8, 4) is 0 Å². The van der Waals surface area contributed by atoms with E-state index in [0.29, 0.717) is 13.1 Å². The van der Waals surface area contributed by atoms with E-state index in [1.807, 2.05) is 20.8 Å². The fraction of sp³-hybridized carbons (Fsp3) is 0.750. The predicted octanol–water partition coefficient (Wildman–Crippen LogP) is -2.03. The fourth-order valence-corrected chi connectivity index (χ4v) is 1.86. The van der Waals surface area contributed by atoms with Crippen molar-refractivity contribution in [2.75, 3.05) is 33.2 Å². The molecular formula is C12H23N4O3+. The van der Waals surface area contributed by atoms with E-state index in [-0.39, 0.29) is 36.5 Å². The van der Waals surface area contributed by atoms with E-state index >= 15 is 0 Å². The highest BCUT2D eigenvalue weighted by atomic mass is 16.2. The summed E-state index contributed by atoms with van der Waals surface area (Å²) in [6.45, 7) is 6.94. The fourth-order valence-electron chi connectivity index (χ4n) is 1.86. The lowest BCUT2D eigenvalue weighted by molar-refractivity contribution is -0.862. The first kappa shape index (κ1) is 15.4. The Morgan fingerprint density at radius 1 is 1.37 bits per heavy atom. The second-order valence-electron chi connectivity index (χ2n) is 5.89. The van der Waals surface area contributed by atoms with Crippen LogP contribution in [0.5, 0.6) is 0 Å². The average molecular weight is 271 g/mol. The highest BCUT2D eigenvalue weighted by Gasteiger charge is 2.28. The van der Waals surface area contributed by atoms with Crippen molar-refractivity contribution in [1.82, 2.24) is 15.5 Å². The maximum absolute atomic E-state index is 11.8. The molecule has 1 fully saturated rings. The molecule has 1 heterocycles. The van der Waals surface area contributed by atoms with Crippen LogP contribution in [0.2, 0.25) is 0 Å². The molecule has 0 bridgehead atoms. The van der Waals surface area contributed by atoms with E-state index in [0.717, 1.165) is 4.90 Å². The van der Waals surface area contributed by atoms with Crippen molar-refractivity contribution in [2.45, 2.75) is 26.3 Å². The molecule has 0 aromatic rings. The molecule has 1 atom stereocenters. The van der Waals surface area contributed by atoms with Gasteiger partial charge in [0, 0.05) is 18.6 Å². The molecule has 0 saturated carbocycles. The van der Waals surface area contributed by atoms with Crippen molar-refractivity contribution < 1.29 is 19.3 Å². The van der Waals surface area contributed by atoms with Crippen molar-refractivity contribution in [1.29, 1.82) is 0 Å². The Labute approximate surface area is 113 Å². The second kappa shape index (κ2) is 6.01. The highest BCUT2D eigenvalue weighted by molar-refractivity contribution is 5.96.